The number of amides is 3. The van der Waals surface area contributed by atoms with E-state index in [-0.39, 0.29) is 18.5 Å². The van der Waals surface area contributed by atoms with Gasteiger partial charge in [-0.2, -0.15) is 0 Å². The molecule has 84 valence electrons. The number of carbonyl (C=O) groups is 2. The fraction of sp³-hybridized carbons (Fsp3) is 0.273. The average molecular weight is 220 g/mol. The largest absolute Gasteiger partial charge is 0.496 e. The number of nitrogens with one attached hydrogen (secondary N) is 1. The van der Waals surface area contributed by atoms with Crippen LogP contribution in [-0.2, 0) is 11.3 Å². The Morgan fingerprint density at radius 3 is 2.75 bits per heavy atom. The van der Waals surface area contributed by atoms with Gasteiger partial charge in [0.15, 0.2) is 0 Å². The number of methoxy groups -OCH3 is 1. The molecule has 0 radical (unpaired) electrons. The van der Waals surface area contributed by atoms with Crippen LogP contribution in [0.1, 0.15) is 5.56 Å². The lowest BCUT2D eigenvalue weighted by atomic mass is 10.2. The number of rotatable bonds is 3. The Labute approximate surface area is 93.0 Å². The third-order valence-corrected chi connectivity index (χ3v) is 2.42. The molecule has 0 unspecified atom stereocenters. The van der Waals surface area contributed by atoms with Crippen LogP contribution in [0.25, 0.3) is 0 Å². The van der Waals surface area contributed by atoms with Crippen molar-refractivity contribution < 1.29 is 14.3 Å². The van der Waals surface area contributed by atoms with Crippen molar-refractivity contribution in [1.82, 2.24) is 10.2 Å². The standard InChI is InChI=1S/C11H12N2O3/c1-16-9-5-3-2-4-8(9)6-13-7-10(14)12-11(13)15/h2-5H,6-7H2,1H3,(H,12,14,15). The first-order chi connectivity index (χ1) is 7.70. The van der Waals surface area contributed by atoms with E-state index in [1.54, 1.807) is 7.11 Å². The van der Waals surface area contributed by atoms with E-state index in [1.165, 1.54) is 4.90 Å². The highest BCUT2D eigenvalue weighted by molar-refractivity contribution is 6.01. The second-order valence-electron chi connectivity index (χ2n) is 3.52. The summed E-state index contributed by atoms with van der Waals surface area (Å²) in [6.45, 7) is 0.485. The number of hydrogen-bond acceptors (Lipinski definition) is 3. The maximum atomic E-state index is 11.3. The minimum absolute atomic E-state index is 0.108. The molecule has 1 heterocycles. The summed E-state index contributed by atoms with van der Waals surface area (Å²) in [7, 11) is 1.58. The molecule has 16 heavy (non-hydrogen) atoms. The number of benzene rings is 1. The number of ether oxygens (including phenoxy) is 1. The van der Waals surface area contributed by atoms with Gasteiger partial charge in [-0.1, -0.05) is 18.2 Å². The van der Waals surface area contributed by atoms with Crippen LogP contribution in [-0.4, -0.2) is 30.5 Å². The first-order valence-corrected chi connectivity index (χ1v) is 4.91. The fourth-order valence-corrected chi connectivity index (χ4v) is 1.65. The predicted octanol–water partition coefficient (Wildman–Crippen LogP) is 0.747. The van der Waals surface area contributed by atoms with Crippen LogP contribution < -0.4 is 10.1 Å². The van der Waals surface area contributed by atoms with Crippen LogP contribution in [0.4, 0.5) is 4.79 Å². The zero-order valence-corrected chi connectivity index (χ0v) is 8.90. The van der Waals surface area contributed by atoms with Crippen LogP contribution in [0, 0.1) is 0 Å². The second-order valence-corrected chi connectivity index (χ2v) is 3.52. The van der Waals surface area contributed by atoms with Crippen molar-refractivity contribution in [2.45, 2.75) is 6.54 Å². The molecular formula is C11H12N2O3. The number of para-hydroxylation sites is 1. The van der Waals surface area contributed by atoms with Crippen molar-refractivity contribution in [3.8, 4) is 5.75 Å². The van der Waals surface area contributed by atoms with Gasteiger partial charge in [0, 0.05) is 5.56 Å². The van der Waals surface area contributed by atoms with E-state index < -0.39 is 0 Å². The van der Waals surface area contributed by atoms with Crippen molar-refractivity contribution >= 4 is 11.9 Å². The molecule has 5 nitrogen and oxygen atoms in total. The van der Waals surface area contributed by atoms with Crippen molar-refractivity contribution in [2.75, 3.05) is 13.7 Å². The van der Waals surface area contributed by atoms with Crippen LogP contribution in [0.15, 0.2) is 24.3 Å². The summed E-state index contributed by atoms with van der Waals surface area (Å²) in [5.74, 6) is 0.453. The Morgan fingerprint density at radius 1 is 1.38 bits per heavy atom. The van der Waals surface area contributed by atoms with Gasteiger partial charge >= 0.3 is 6.03 Å². The molecule has 1 aliphatic rings. The average Bonchev–Trinajstić information content (AvgIpc) is 2.58. The van der Waals surface area contributed by atoms with Crippen molar-refractivity contribution in [3.63, 3.8) is 0 Å². The monoisotopic (exact) mass is 220 g/mol. The van der Waals surface area contributed by atoms with E-state index in [0.29, 0.717) is 6.54 Å². The molecule has 1 fully saturated rings. The zero-order valence-electron chi connectivity index (χ0n) is 8.90. The van der Waals surface area contributed by atoms with E-state index in [0.717, 1.165) is 11.3 Å². The summed E-state index contributed by atoms with van der Waals surface area (Å²) in [4.78, 5) is 23.8. The summed E-state index contributed by atoms with van der Waals surface area (Å²) in [6, 6.07) is 7.07. The summed E-state index contributed by atoms with van der Waals surface area (Å²) < 4.78 is 5.17. The number of hydrogen-bond donors (Lipinski definition) is 1. The van der Waals surface area contributed by atoms with E-state index in [1.807, 2.05) is 24.3 Å². The Kier molecular flexibility index (Phi) is 2.76. The Bertz CT molecular complexity index is 431. The molecule has 1 aromatic rings. The summed E-state index contributed by atoms with van der Waals surface area (Å²) in [6.07, 6.45) is 0. The quantitative estimate of drug-likeness (QED) is 0.764. The first kappa shape index (κ1) is 10.5. The van der Waals surface area contributed by atoms with E-state index >= 15 is 0 Å². The summed E-state index contributed by atoms with van der Waals surface area (Å²) in [5.41, 5.74) is 0.884. The Hall–Kier alpha value is -2.04. The normalized spacial score (nSPS) is 15.2. The van der Waals surface area contributed by atoms with E-state index in [9.17, 15) is 9.59 Å². The summed E-state index contributed by atoms with van der Waals surface area (Å²) >= 11 is 0. The van der Waals surface area contributed by atoms with E-state index in [2.05, 4.69) is 5.32 Å². The predicted molar refractivity (Wildman–Crippen MR) is 56.9 cm³/mol. The van der Waals surface area contributed by atoms with Gasteiger partial charge in [0.2, 0.25) is 5.91 Å². The van der Waals surface area contributed by atoms with Crippen molar-refractivity contribution in [2.24, 2.45) is 0 Å². The lowest BCUT2D eigenvalue weighted by Crippen LogP contribution is -2.27. The van der Waals surface area contributed by atoms with Gasteiger partial charge in [-0.25, -0.2) is 4.79 Å². The van der Waals surface area contributed by atoms with Gasteiger partial charge in [0.05, 0.1) is 13.7 Å². The maximum absolute atomic E-state index is 11.3. The zero-order chi connectivity index (χ0) is 11.5. The molecule has 0 saturated carbocycles. The molecule has 0 aliphatic carbocycles. The lowest BCUT2D eigenvalue weighted by Gasteiger charge is -2.15. The van der Waals surface area contributed by atoms with Crippen LogP contribution in [0.5, 0.6) is 5.75 Å². The second kappa shape index (κ2) is 4.22. The molecule has 0 spiro atoms. The van der Waals surface area contributed by atoms with Gasteiger partial charge in [-0.3, -0.25) is 10.1 Å². The highest BCUT2D eigenvalue weighted by Crippen LogP contribution is 2.19. The molecule has 1 N–H and O–H groups in total. The minimum Gasteiger partial charge on any atom is -0.496 e. The highest BCUT2D eigenvalue weighted by Gasteiger charge is 2.26. The van der Waals surface area contributed by atoms with Crippen LogP contribution in [0.2, 0.25) is 0 Å². The van der Waals surface area contributed by atoms with Gasteiger partial charge < -0.3 is 9.64 Å². The number of urea groups is 1. The van der Waals surface area contributed by atoms with Gasteiger partial charge in [-0.15, -0.1) is 0 Å². The van der Waals surface area contributed by atoms with Crippen molar-refractivity contribution in [3.05, 3.63) is 29.8 Å². The minimum atomic E-state index is -0.351. The molecule has 5 heteroatoms. The topological polar surface area (TPSA) is 58.6 Å². The molecule has 2 rings (SSSR count). The first-order valence-electron chi connectivity index (χ1n) is 4.91. The van der Waals surface area contributed by atoms with Crippen LogP contribution in [0.3, 0.4) is 0 Å². The molecule has 1 saturated heterocycles. The smallest absolute Gasteiger partial charge is 0.324 e. The highest BCUT2D eigenvalue weighted by atomic mass is 16.5. The lowest BCUT2D eigenvalue weighted by molar-refractivity contribution is -0.118. The fourth-order valence-electron chi connectivity index (χ4n) is 1.65. The SMILES string of the molecule is COc1ccccc1CN1CC(=O)NC1=O. The number of imide groups is 1. The van der Waals surface area contributed by atoms with Gasteiger partial charge in [0.1, 0.15) is 12.3 Å². The maximum Gasteiger partial charge on any atom is 0.324 e. The molecule has 0 atom stereocenters. The number of carbonyl (C=O) groups excluding carboxylic acids is 2. The van der Waals surface area contributed by atoms with Gasteiger partial charge in [-0.05, 0) is 6.07 Å². The Morgan fingerprint density at radius 2 is 2.12 bits per heavy atom. The Balaban J connectivity index is 2.14. The molecule has 1 aliphatic heterocycles. The molecule has 0 aromatic heterocycles. The van der Waals surface area contributed by atoms with E-state index in [4.69, 9.17) is 4.74 Å². The summed E-state index contributed by atoms with van der Waals surface area (Å²) in [5, 5.41) is 2.23. The molecule has 3 amide bonds. The third-order valence-electron chi connectivity index (χ3n) is 2.42. The van der Waals surface area contributed by atoms with Gasteiger partial charge in [0.25, 0.3) is 0 Å². The molecule has 1 aromatic carbocycles. The van der Waals surface area contributed by atoms with Crippen LogP contribution >= 0.6 is 0 Å². The molecule has 0 bridgehead atoms. The van der Waals surface area contributed by atoms with Crippen molar-refractivity contribution in [1.29, 1.82) is 0 Å². The number of nitrogens with zero attached hydrogens (tertiary/aromatic N) is 1. The third kappa shape index (κ3) is 1.98. The molecular weight excluding hydrogens is 208 g/mol.